The summed E-state index contributed by atoms with van der Waals surface area (Å²) in [4.78, 5) is 129. The molecule has 4 amide bonds. The lowest BCUT2D eigenvalue weighted by molar-refractivity contribution is -0.151. The van der Waals surface area contributed by atoms with E-state index in [2.05, 4.69) is 26.6 Å². The Morgan fingerprint density at radius 2 is 0.473 bits per heavy atom. The Morgan fingerprint density at radius 1 is 0.321 bits per heavy atom. The van der Waals surface area contributed by atoms with E-state index in [-0.39, 0.29) is 38.9 Å². The third-order valence-corrected chi connectivity index (χ3v) is 25.4. The SMILES string of the molecule is CC(=O)[C@H]1NC([C@]23CCCN2C(C(Cl)(Cl)Cl)OC3=O)O[C@@H]1C.CC1OC(C23CCCN2C(C(Cl)(Cl)Cl)OC3=O)NC1C(N)=O.CC1OC([C@]23CCCN2C(C(Cl)(Cl)Cl)OC3=O)NC1C(N)=O.CC1OC([C@]23CCCN2C(C(Cl)(Cl)Cl)OC3=O)N[C@@H]1C(N)=O.C[C@H]1O[C@@H]([C@]23CCCN2[C@H](C(Cl)(Cl)Cl)OC3=O)N[C@@H]1C(N)=O.S.S. The Bertz CT molecular complexity index is 3110. The maximum atomic E-state index is 12.6. The highest BCUT2D eigenvalue weighted by Gasteiger charge is 2.74. The van der Waals surface area contributed by atoms with Crippen molar-refractivity contribution in [2.45, 2.75) is 275 Å². The van der Waals surface area contributed by atoms with Crippen LogP contribution in [0.1, 0.15) is 106 Å². The average Bonchev–Trinajstić information content (AvgIpc) is 1.59. The fourth-order valence-electron chi connectivity index (χ4n) is 17.6. The zero-order chi connectivity index (χ0) is 81.4. The first-order valence-corrected chi connectivity index (χ1v) is 40.5. The smallest absolute Gasteiger partial charge is 0.332 e. The number of cyclic esters (lactones) is 5. The Morgan fingerprint density at radius 3 is 0.598 bits per heavy atom. The van der Waals surface area contributed by atoms with Crippen LogP contribution in [-0.4, -0.2) is 286 Å². The molecule has 0 saturated carbocycles. The number of ether oxygens (including phenoxy) is 10. The second-order valence-electron chi connectivity index (χ2n) is 29.2. The number of esters is 5. The summed E-state index contributed by atoms with van der Waals surface area (Å²) in [6, 6.07) is -3.17. The number of rotatable bonds is 10. The molecule has 15 saturated heterocycles. The number of hydrogen-bond donors (Lipinski definition) is 9. The van der Waals surface area contributed by atoms with Crippen molar-refractivity contribution in [2.75, 3.05) is 32.7 Å². The number of carbonyl (C=O) groups is 10. The fraction of sp³-hybridized carbons (Fsp3) is 0.836. The van der Waals surface area contributed by atoms with Crippen LogP contribution < -0.4 is 49.5 Å². The molecule has 112 heavy (non-hydrogen) atoms. The second-order valence-corrected chi connectivity index (χ2v) is 41.0. The van der Waals surface area contributed by atoms with Crippen LogP contribution >= 0.6 is 201 Å². The van der Waals surface area contributed by atoms with E-state index in [1.165, 1.54) is 6.92 Å². The molecule has 15 aliphatic rings. The van der Waals surface area contributed by atoms with E-state index in [4.69, 9.17) is 244 Å². The highest BCUT2D eigenvalue weighted by atomic mass is 35.6. The van der Waals surface area contributed by atoms with Crippen LogP contribution in [0.3, 0.4) is 0 Å². The normalized spacial score (nSPS) is 41.7. The highest BCUT2D eigenvalue weighted by molar-refractivity contribution is 7.59. The molecule has 13 N–H and O–H groups in total. The van der Waals surface area contributed by atoms with Crippen molar-refractivity contribution in [2.24, 2.45) is 22.9 Å². The lowest BCUT2D eigenvalue weighted by Crippen LogP contribution is -2.61. The zero-order valence-electron chi connectivity index (χ0n) is 60.0. The molecule has 0 aromatic carbocycles. The molecule has 25 atom stereocenters. The molecule has 0 bridgehead atoms. The lowest BCUT2D eigenvalue weighted by Gasteiger charge is -2.35. The van der Waals surface area contributed by atoms with Crippen LogP contribution in [0.15, 0.2) is 0 Å². The van der Waals surface area contributed by atoms with Crippen molar-refractivity contribution in [3.8, 4) is 0 Å². The summed E-state index contributed by atoms with van der Waals surface area (Å²) in [5.74, 6) is -4.75. The van der Waals surface area contributed by atoms with Gasteiger partial charge in [-0.15, -0.1) is 0 Å². The number of nitrogens with one attached hydrogen (secondary N) is 5. The Labute approximate surface area is 731 Å². The van der Waals surface area contributed by atoms with E-state index in [0.717, 1.165) is 32.1 Å². The van der Waals surface area contributed by atoms with Crippen LogP contribution in [0.25, 0.3) is 0 Å². The van der Waals surface area contributed by atoms with Gasteiger partial charge in [-0.1, -0.05) is 174 Å². The van der Waals surface area contributed by atoms with Crippen LogP contribution in [0, 0.1) is 0 Å². The number of carbonyl (C=O) groups excluding carboxylic acids is 10. The number of nitrogens with two attached hydrogens (primary N) is 4. The van der Waals surface area contributed by atoms with Crippen molar-refractivity contribution in [1.29, 1.82) is 0 Å². The van der Waals surface area contributed by atoms with Gasteiger partial charge in [0.15, 0.2) is 27.7 Å². The third-order valence-electron chi connectivity index (χ3n) is 22.6. The van der Waals surface area contributed by atoms with E-state index in [1.807, 2.05) is 0 Å². The van der Waals surface area contributed by atoms with Gasteiger partial charge in [0, 0.05) is 32.7 Å². The van der Waals surface area contributed by atoms with Crippen LogP contribution in [0.5, 0.6) is 0 Å². The van der Waals surface area contributed by atoms with Gasteiger partial charge in [-0.25, -0.2) is 48.5 Å². The lowest BCUT2D eigenvalue weighted by atomic mass is 9.94. The van der Waals surface area contributed by atoms with Crippen molar-refractivity contribution < 1.29 is 95.3 Å². The van der Waals surface area contributed by atoms with Gasteiger partial charge in [0.05, 0.1) is 36.6 Å². The van der Waals surface area contributed by atoms with Crippen molar-refractivity contribution in [3.63, 3.8) is 0 Å². The van der Waals surface area contributed by atoms with Crippen molar-refractivity contribution in [3.05, 3.63) is 0 Å². The molecule has 636 valence electrons. The minimum absolute atomic E-state index is 0. The first kappa shape index (κ1) is 95.2. The number of Topliss-reactive ketones (excluding diaryl/α,β-unsaturated/α-hetero) is 1. The van der Waals surface area contributed by atoms with Gasteiger partial charge in [-0.3, -0.25) is 50.6 Å². The van der Waals surface area contributed by atoms with Gasteiger partial charge >= 0.3 is 29.8 Å². The summed E-state index contributed by atoms with van der Waals surface area (Å²) < 4.78 is 46.6. The predicted molar refractivity (Wildman–Crippen MR) is 419 cm³/mol. The van der Waals surface area contributed by atoms with E-state index in [1.54, 1.807) is 59.1 Å². The summed E-state index contributed by atoms with van der Waals surface area (Å²) in [5.41, 5.74) is 15.9. The molecule has 51 heteroatoms. The minimum Gasteiger partial charge on any atom is -0.440 e. The Balaban J connectivity index is 0.000000160. The van der Waals surface area contributed by atoms with Crippen molar-refractivity contribution >= 4 is 260 Å². The molecular formula is C61H85Cl15N14O20S2. The molecule has 0 aliphatic carbocycles. The monoisotopic (exact) mass is 1920 g/mol. The number of nitrogens with zero attached hydrogens (tertiary/aromatic N) is 5. The van der Waals surface area contributed by atoms with E-state index in [0.29, 0.717) is 64.8 Å². The largest absolute Gasteiger partial charge is 0.440 e. The first-order valence-electron chi connectivity index (χ1n) is 34.9. The molecule has 15 rings (SSSR count). The minimum atomic E-state index is -1.77. The van der Waals surface area contributed by atoms with Gasteiger partial charge in [0.2, 0.25) is 73.7 Å². The first-order chi connectivity index (χ1) is 50.9. The second kappa shape index (κ2) is 34.9. The molecule has 34 nitrogen and oxygen atoms in total. The maximum absolute atomic E-state index is 12.6. The number of ketones is 1. The summed E-state index contributed by atoms with van der Waals surface area (Å²) in [5, 5.41) is 15.0. The molecular weight excluding hydrogens is 1840 g/mol. The standard InChI is InChI=1S/C13H17Cl3N2O4.4C12H16Cl3N3O4.2H2S/c1-6(19)8-7(2)21-9(17-8)12-4-3-5-18(12)10(13(14,15)16)22-11(12)20;4*1-5-6(7(16)19)17-8(21-5)11-3-2-4-18(11)9(12(13,14)15)22-10(11)20;;/h7-10,17H,3-5H2,1-2H3;4*5-6,8-9,17H,2-4H2,1H3,(H2,16,19);2*1H2/t7-,8-,9?,10?,12+;5?,6?,8?,9?,11-;5?,6-,8?,9?,11-;5-,6+,8+,9+,11+;;;/m1001.../s1. The predicted octanol–water partition coefficient (Wildman–Crippen LogP) is 2.64. The summed E-state index contributed by atoms with van der Waals surface area (Å²) >= 11 is 88.9. The molecule has 15 heterocycles. The summed E-state index contributed by atoms with van der Waals surface area (Å²) in [7, 11) is 0. The van der Waals surface area contributed by atoms with Gasteiger partial charge in [-0.05, 0) is 106 Å². The van der Waals surface area contributed by atoms with Crippen molar-refractivity contribution in [1.82, 2.24) is 51.1 Å². The Kier molecular flexibility index (Phi) is 29.7. The van der Waals surface area contributed by atoms with Gasteiger partial charge in [0.1, 0.15) is 61.1 Å². The number of hydrogen-bond acceptors (Lipinski definition) is 30. The highest BCUT2D eigenvalue weighted by Crippen LogP contribution is 2.55. The van der Waals surface area contributed by atoms with E-state index >= 15 is 0 Å². The molecule has 15 aliphatic heterocycles. The molecule has 0 aromatic rings. The zero-order valence-corrected chi connectivity index (χ0v) is 73.4. The van der Waals surface area contributed by atoms with Gasteiger partial charge < -0.3 is 70.3 Å². The number of fused-ring (bicyclic) bond motifs is 5. The third kappa shape index (κ3) is 17.1. The molecule has 0 radical (unpaired) electrons. The molecule has 0 aromatic heterocycles. The molecule has 15 fully saturated rings. The van der Waals surface area contributed by atoms with Crippen LogP contribution in [0.2, 0.25) is 0 Å². The summed E-state index contributed by atoms with van der Waals surface area (Å²) in [6.45, 7) is 12.8. The number of primary amides is 4. The maximum Gasteiger partial charge on any atom is 0.332 e. The molecule has 14 unspecified atom stereocenters. The van der Waals surface area contributed by atoms with Gasteiger partial charge in [0.25, 0.3) is 0 Å². The number of alkyl halides is 15. The topological polar surface area (TPSA) is 443 Å². The Hall–Kier alpha value is -0.650. The number of amides is 4. The molecule has 0 spiro atoms. The number of halogens is 15. The quantitative estimate of drug-likeness (QED) is 0.0862. The van der Waals surface area contributed by atoms with Crippen LogP contribution in [0.4, 0.5) is 0 Å². The van der Waals surface area contributed by atoms with E-state index in [9.17, 15) is 47.9 Å². The fourth-order valence-corrected chi connectivity index (χ4v) is 20.1. The average molecular weight is 1930 g/mol. The van der Waals surface area contributed by atoms with Crippen LogP contribution in [-0.2, 0) is 95.3 Å². The van der Waals surface area contributed by atoms with E-state index < -0.39 is 217 Å². The summed E-state index contributed by atoms with van der Waals surface area (Å²) in [6.07, 6.45) is -4.58. The van der Waals surface area contributed by atoms with Gasteiger partial charge in [-0.2, -0.15) is 27.0 Å².